The number of halogens is 2. The van der Waals surface area contributed by atoms with Crippen LogP contribution in [0.25, 0.3) is 0 Å². The summed E-state index contributed by atoms with van der Waals surface area (Å²) in [6, 6.07) is 7.90. The van der Waals surface area contributed by atoms with Gasteiger partial charge in [-0.15, -0.1) is 11.6 Å². The van der Waals surface area contributed by atoms with E-state index in [0.29, 0.717) is 0 Å². The molecule has 0 spiro atoms. The lowest BCUT2D eigenvalue weighted by atomic mass is 10.3. The van der Waals surface area contributed by atoms with Crippen LogP contribution in [0.2, 0.25) is 0 Å². The van der Waals surface area contributed by atoms with Crippen LogP contribution in [0.5, 0.6) is 5.75 Å². The Morgan fingerprint density at radius 3 is 2.79 bits per heavy atom. The third-order valence-electron chi connectivity index (χ3n) is 1.84. The van der Waals surface area contributed by atoms with E-state index in [1.165, 1.54) is 0 Å². The molecule has 1 rings (SSSR count). The Hall–Kier alpha value is -0.210. The Balaban J connectivity index is 2.18. The molecule has 3 heteroatoms. The molecule has 1 aromatic carbocycles. The van der Waals surface area contributed by atoms with Crippen LogP contribution in [0.4, 0.5) is 0 Å². The fraction of sp³-hybridized carbons (Fsp3) is 0.455. The highest BCUT2D eigenvalue weighted by Crippen LogP contribution is 2.17. The van der Waals surface area contributed by atoms with Gasteiger partial charge in [-0.25, -0.2) is 0 Å². The quantitative estimate of drug-likeness (QED) is 0.558. The van der Waals surface area contributed by atoms with Crippen LogP contribution in [-0.2, 0) is 0 Å². The van der Waals surface area contributed by atoms with Gasteiger partial charge in [0.25, 0.3) is 0 Å². The minimum atomic E-state index is 0.747. The van der Waals surface area contributed by atoms with Crippen molar-refractivity contribution in [3.05, 3.63) is 28.7 Å². The van der Waals surface area contributed by atoms with E-state index in [1.807, 2.05) is 24.3 Å². The zero-order chi connectivity index (χ0) is 10.2. The number of ether oxygens (including phenoxy) is 1. The Morgan fingerprint density at radius 2 is 2.07 bits per heavy atom. The van der Waals surface area contributed by atoms with Crippen LogP contribution in [0.1, 0.15) is 19.3 Å². The SMILES string of the molecule is ClCCCCCOc1cccc(Br)c1. The average Bonchev–Trinajstić information content (AvgIpc) is 2.18. The number of rotatable bonds is 6. The molecule has 0 saturated heterocycles. The second-order valence-corrected chi connectivity index (χ2v) is 4.35. The van der Waals surface area contributed by atoms with Crippen molar-refractivity contribution in [2.24, 2.45) is 0 Å². The normalized spacial score (nSPS) is 10.1. The van der Waals surface area contributed by atoms with E-state index >= 15 is 0 Å². The van der Waals surface area contributed by atoms with Crippen LogP contribution in [0, 0.1) is 0 Å². The summed E-state index contributed by atoms with van der Waals surface area (Å²) in [5, 5.41) is 0. The van der Waals surface area contributed by atoms with Crippen LogP contribution in [0.15, 0.2) is 28.7 Å². The molecule has 0 fully saturated rings. The van der Waals surface area contributed by atoms with Crippen molar-refractivity contribution >= 4 is 27.5 Å². The first-order valence-electron chi connectivity index (χ1n) is 4.77. The van der Waals surface area contributed by atoms with Crippen LogP contribution in [0.3, 0.4) is 0 Å². The highest BCUT2D eigenvalue weighted by atomic mass is 79.9. The first-order valence-corrected chi connectivity index (χ1v) is 6.10. The Kier molecular flexibility index (Phi) is 6.04. The predicted octanol–water partition coefficient (Wildman–Crippen LogP) is 4.24. The molecule has 0 aliphatic heterocycles. The fourth-order valence-electron chi connectivity index (χ4n) is 1.12. The van der Waals surface area contributed by atoms with Crippen molar-refractivity contribution in [3.8, 4) is 5.75 Å². The van der Waals surface area contributed by atoms with Gasteiger partial charge < -0.3 is 4.74 Å². The van der Waals surface area contributed by atoms with Crippen molar-refractivity contribution in [2.75, 3.05) is 12.5 Å². The summed E-state index contributed by atoms with van der Waals surface area (Å²) in [5.41, 5.74) is 0. The lowest BCUT2D eigenvalue weighted by Gasteiger charge is -2.05. The Labute approximate surface area is 98.5 Å². The molecule has 1 nitrogen and oxygen atoms in total. The van der Waals surface area contributed by atoms with Gasteiger partial charge in [-0.2, -0.15) is 0 Å². The van der Waals surface area contributed by atoms with Gasteiger partial charge in [0, 0.05) is 10.4 Å². The molecule has 0 heterocycles. The summed E-state index contributed by atoms with van der Waals surface area (Å²) in [6.45, 7) is 0.771. The molecule has 0 aromatic heterocycles. The molecule has 0 saturated carbocycles. The van der Waals surface area contributed by atoms with Gasteiger partial charge in [0.1, 0.15) is 5.75 Å². The molecular formula is C11H14BrClO. The zero-order valence-electron chi connectivity index (χ0n) is 8.01. The molecule has 0 bridgehead atoms. The standard InChI is InChI=1S/C11H14BrClO/c12-10-5-4-6-11(9-10)14-8-3-1-2-7-13/h4-6,9H,1-3,7-8H2. The first kappa shape index (κ1) is 11.9. The lowest BCUT2D eigenvalue weighted by molar-refractivity contribution is 0.306. The maximum atomic E-state index is 5.57. The van der Waals surface area contributed by atoms with Crippen molar-refractivity contribution in [1.29, 1.82) is 0 Å². The highest BCUT2D eigenvalue weighted by Gasteiger charge is 1.94. The number of benzene rings is 1. The van der Waals surface area contributed by atoms with E-state index in [1.54, 1.807) is 0 Å². The fourth-order valence-corrected chi connectivity index (χ4v) is 1.69. The van der Waals surface area contributed by atoms with Gasteiger partial charge in [-0.05, 0) is 37.5 Å². The van der Waals surface area contributed by atoms with Gasteiger partial charge in [-0.1, -0.05) is 22.0 Å². The third-order valence-corrected chi connectivity index (χ3v) is 2.60. The molecule has 0 aliphatic carbocycles. The van der Waals surface area contributed by atoms with E-state index in [2.05, 4.69) is 15.9 Å². The average molecular weight is 278 g/mol. The van der Waals surface area contributed by atoms with E-state index in [4.69, 9.17) is 16.3 Å². The third kappa shape index (κ3) is 4.87. The van der Waals surface area contributed by atoms with E-state index in [9.17, 15) is 0 Å². The molecular weight excluding hydrogens is 263 g/mol. The van der Waals surface area contributed by atoms with Crippen molar-refractivity contribution in [3.63, 3.8) is 0 Å². The molecule has 0 amide bonds. The molecule has 0 N–H and O–H groups in total. The highest BCUT2D eigenvalue weighted by molar-refractivity contribution is 9.10. The first-order chi connectivity index (χ1) is 6.83. The molecule has 0 aliphatic rings. The van der Waals surface area contributed by atoms with E-state index in [-0.39, 0.29) is 0 Å². The molecule has 78 valence electrons. The van der Waals surface area contributed by atoms with Crippen LogP contribution in [-0.4, -0.2) is 12.5 Å². The minimum Gasteiger partial charge on any atom is -0.494 e. The zero-order valence-corrected chi connectivity index (χ0v) is 10.4. The van der Waals surface area contributed by atoms with Crippen molar-refractivity contribution in [2.45, 2.75) is 19.3 Å². The summed E-state index contributed by atoms with van der Waals surface area (Å²) < 4.78 is 6.61. The molecule has 0 unspecified atom stereocenters. The predicted molar refractivity (Wildman–Crippen MR) is 64.2 cm³/mol. The summed E-state index contributed by atoms with van der Waals surface area (Å²) in [6.07, 6.45) is 3.28. The van der Waals surface area contributed by atoms with Gasteiger partial charge in [-0.3, -0.25) is 0 Å². The molecule has 14 heavy (non-hydrogen) atoms. The number of hydrogen-bond donors (Lipinski definition) is 0. The largest absolute Gasteiger partial charge is 0.494 e. The van der Waals surface area contributed by atoms with Crippen LogP contribution >= 0.6 is 27.5 Å². The topological polar surface area (TPSA) is 9.23 Å². The number of hydrogen-bond acceptors (Lipinski definition) is 1. The van der Waals surface area contributed by atoms with Gasteiger partial charge in [0.2, 0.25) is 0 Å². The van der Waals surface area contributed by atoms with Gasteiger partial charge >= 0.3 is 0 Å². The monoisotopic (exact) mass is 276 g/mol. The summed E-state index contributed by atoms with van der Waals surface area (Å²) >= 11 is 8.97. The van der Waals surface area contributed by atoms with Gasteiger partial charge in [0.05, 0.1) is 6.61 Å². The molecule has 0 radical (unpaired) electrons. The van der Waals surface area contributed by atoms with Crippen LogP contribution < -0.4 is 4.74 Å². The van der Waals surface area contributed by atoms with Gasteiger partial charge in [0.15, 0.2) is 0 Å². The number of alkyl halides is 1. The Morgan fingerprint density at radius 1 is 1.21 bits per heavy atom. The molecule has 0 atom stereocenters. The smallest absolute Gasteiger partial charge is 0.120 e. The van der Waals surface area contributed by atoms with Crippen molar-refractivity contribution < 1.29 is 4.74 Å². The Bertz CT molecular complexity index is 265. The van der Waals surface area contributed by atoms with E-state index < -0.39 is 0 Å². The summed E-state index contributed by atoms with van der Waals surface area (Å²) in [4.78, 5) is 0. The maximum Gasteiger partial charge on any atom is 0.120 e. The second kappa shape index (κ2) is 7.13. The summed E-state index contributed by atoms with van der Waals surface area (Å²) in [5.74, 6) is 1.67. The minimum absolute atomic E-state index is 0.747. The second-order valence-electron chi connectivity index (χ2n) is 3.06. The van der Waals surface area contributed by atoms with Crippen molar-refractivity contribution in [1.82, 2.24) is 0 Å². The van der Waals surface area contributed by atoms with E-state index in [0.717, 1.165) is 42.0 Å². The lowest BCUT2D eigenvalue weighted by Crippen LogP contribution is -1.97. The maximum absolute atomic E-state index is 5.57. The summed E-state index contributed by atoms with van der Waals surface area (Å²) in [7, 11) is 0. The number of unbranched alkanes of at least 4 members (excludes halogenated alkanes) is 2. The molecule has 1 aromatic rings.